The molecule has 0 aliphatic carbocycles. The Hall–Kier alpha value is -1.46. The predicted molar refractivity (Wildman–Crippen MR) is 80.3 cm³/mol. The number of carbonyl (C=O) groups is 1. The minimum atomic E-state index is 0.128. The third-order valence-electron chi connectivity index (χ3n) is 4.56. The number of amides is 1. The first-order valence-electron chi connectivity index (χ1n) is 7.74. The van der Waals surface area contributed by atoms with E-state index in [9.17, 15) is 4.79 Å². The van der Waals surface area contributed by atoms with Crippen molar-refractivity contribution in [2.75, 3.05) is 33.3 Å². The summed E-state index contributed by atoms with van der Waals surface area (Å²) >= 11 is 0. The van der Waals surface area contributed by atoms with Gasteiger partial charge in [-0.15, -0.1) is 0 Å². The second-order valence-corrected chi connectivity index (χ2v) is 5.91. The number of piperidine rings is 1. The zero-order valence-corrected chi connectivity index (χ0v) is 12.8. The lowest BCUT2D eigenvalue weighted by Gasteiger charge is -2.46. The third-order valence-corrected chi connectivity index (χ3v) is 4.56. The Bertz CT molecular complexity index is 520. The lowest BCUT2D eigenvalue weighted by atomic mass is 9.97. The highest BCUT2D eigenvalue weighted by Crippen LogP contribution is 2.24. The van der Waals surface area contributed by atoms with Crippen LogP contribution in [0.3, 0.4) is 0 Å². The first kappa shape index (κ1) is 14.5. The zero-order chi connectivity index (χ0) is 14.8. The molecule has 0 spiro atoms. The highest BCUT2D eigenvalue weighted by atomic mass is 16.5. The van der Waals surface area contributed by atoms with Crippen LogP contribution in [-0.2, 0) is 11.2 Å². The molecule has 0 aromatic carbocycles. The van der Waals surface area contributed by atoms with Crippen molar-refractivity contribution in [1.82, 2.24) is 14.8 Å². The van der Waals surface area contributed by atoms with Gasteiger partial charge in [0, 0.05) is 37.6 Å². The summed E-state index contributed by atoms with van der Waals surface area (Å²) < 4.78 is 5.87. The van der Waals surface area contributed by atoms with Gasteiger partial charge in [-0.25, -0.2) is 0 Å². The molecule has 2 atom stereocenters. The van der Waals surface area contributed by atoms with E-state index in [-0.39, 0.29) is 18.1 Å². The maximum atomic E-state index is 13.0. The zero-order valence-electron chi connectivity index (χ0n) is 12.8. The molecule has 2 aliphatic heterocycles. The Balaban J connectivity index is 1.85. The summed E-state index contributed by atoms with van der Waals surface area (Å²) in [6, 6.07) is 2.01. The van der Waals surface area contributed by atoms with E-state index in [1.165, 1.54) is 0 Å². The molecule has 1 amide bonds. The van der Waals surface area contributed by atoms with E-state index in [2.05, 4.69) is 23.9 Å². The van der Waals surface area contributed by atoms with E-state index in [1.54, 1.807) is 12.4 Å². The second-order valence-electron chi connectivity index (χ2n) is 5.91. The average molecular weight is 289 g/mol. The molecule has 114 valence electrons. The van der Waals surface area contributed by atoms with Crippen molar-refractivity contribution in [3.05, 3.63) is 29.6 Å². The van der Waals surface area contributed by atoms with Gasteiger partial charge in [0.1, 0.15) is 0 Å². The average Bonchev–Trinajstić information content (AvgIpc) is 2.53. The smallest absolute Gasteiger partial charge is 0.254 e. The maximum Gasteiger partial charge on any atom is 0.254 e. The van der Waals surface area contributed by atoms with Crippen LogP contribution in [-0.4, -0.2) is 66.1 Å². The molecule has 5 heteroatoms. The van der Waals surface area contributed by atoms with E-state index in [1.807, 2.05) is 11.0 Å². The van der Waals surface area contributed by atoms with Gasteiger partial charge in [-0.2, -0.15) is 0 Å². The molecule has 2 aliphatic rings. The monoisotopic (exact) mass is 289 g/mol. The molecule has 21 heavy (non-hydrogen) atoms. The standard InChI is InChI=1S/C16H23N3O2/c1-3-12-10-17-6-4-13(12)16(20)19-8-9-21-15-5-7-18(2)11-14(15)19/h4,6,10,14-15H,3,5,7-9,11H2,1-2H3/t14-,15+/m0/s1. The van der Waals surface area contributed by atoms with Gasteiger partial charge in [-0.1, -0.05) is 6.92 Å². The van der Waals surface area contributed by atoms with Gasteiger partial charge in [0.25, 0.3) is 5.91 Å². The minimum Gasteiger partial charge on any atom is -0.374 e. The maximum absolute atomic E-state index is 13.0. The summed E-state index contributed by atoms with van der Waals surface area (Å²) in [5.41, 5.74) is 1.82. The Morgan fingerprint density at radius 2 is 2.33 bits per heavy atom. The highest BCUT2D eigenvalue weighted by molar-refractivity contribution is 5.95. The fraction of sp³-hybridized carbons (Fsp3) is 0.625. The van der Waals surface area contributed by atoms with Gasteiger partial charge in [-0.3, -0.25) is 9.78 Å². The Morgan fingerprint density at radius 3 is 3.14 bits per heavy atom. The van der Waals surface area contributed by atoms with Crippen molar-refractivity contribution in [1.29, 1.82) is 0 Å². The highest BCUT2D eigenvalue weighted by Gasteiger charge is 2.38. The van der Waals surface area contributed by atoms with Crippen LogP contribution in [0.2, 0.25) is 0 Å². The number of pyridine rings is 1. The molecule has 1 aromatic heterocycles. The number of morpholine rings is 1. The number of fused-ring (bicyclic) bond motifs is 1. The number of carbonyl (C=O) groups excluding carboxylic acids is 1. The predicted octanol–water partition coefficient (Wildman–Crippen LogP) is 1.19. The lowest BCUT2D eigenvalue weighted by Crippen LogP contribution is -2.60. The lowest BCUT2D eigenvalue weighted by molar-refractivity contribution is -0.0870. The molecule has 1 aromatic rings. The van der Waals surface area contributed by atoms with Gasteiger partial charge in [0.2, 0.25) is 0 Å². The molecule has 0 saturated carbocycles. The first-order valence-corrected chi connectivity index (χ1v) is 7.74. The normalized spacial score (nSPS) is 26.5. The van der Waals surface area contributed by atoms with Crippen molar-refractivity contribution < 1.29 is 9.53 Å². The Kier molecular flexibility index (Phi) is 4.22. The summed E-state index contributed by atoms with van der Waals surface area (Å²) in [6.07, 6.45) is 5.52. The second kappa shape index (κ2) is 6.12. The molecular formula is C16H23N3O2. The Labute approximate surface area is 125 Å². The van der Waals surface area contributed by atoms with Crippen LogP contribution in [0.15, 0.2) is 18.5 Å². The van der Waals surface area contributed by atoms with Crippen LogP contribution >= 0.6 is 0 Å². The number of ether oxygens (including phenoxy) is 1. The number of likely N-dealkylation sites (N-methyl/N-ethyl adjacent to an activating group) is 1. The number of aromatic nitrogens is 1. The SMILES string of the molecule is CCc1cnccc1C(=O)N1CCO[C@@H]2CCN(C)C[C@@H]21. The first-order chi connectivity index (χ1) is 10.2. The number of likely N-dealkylation sites (tertiary alicyclic amines) is 1. The topological polar surface area (TPSA) is 45.7 Å². The molecule has 3 heterocycles. The Morgan fingerprint density at radius 1 is 1.48 bits per heavy atom. The number of rotatable bonds is 2. The van der Waals surface area contributed by atoms with Crippen molar-refractivity contribution >= 4 is 5.91 Å². The minimum absolute atomic E-state index is 0.128. The molecular weight excluding hydrogens is 266 g/mol. The largest absolute Gasteiger partial charge is 0.374 e. The number of hydrogen-bond acceptors (Lipinski definition) is 4. The number of nitrogens with zero attached hydrogens (tertiary/aromatic N) is 3. The van der Waals surface area contributed by atoms with E-state index in [0.29, 0.717) is 13.2 Å². The molecule has 0 N–H and O–H groups in total. The van der Waals surface area contributed by atoms with E-state index >= 15 is 0 Å². The van der Waals surface area contributed by atoms with Gasteiger partial charge in [-0.05, 0) is 31.5 Å². The summed E-state index contributed by atoms with van der Waals surface area (Å²) in [5, 5.41) is 0. The quantitative estimate of drug-likeness (QED) is 0.820. The number of aryl methyl sites for hydroxylation is 1. The summed E-state index contributed by atoms with van der Waals surface area (Å²) in [7, 11) is 2.11. The molecule has 0 unspecified atom stereocenters. The van der Waals surface area contributed by atoms with Crippen molar-refractivity contribution in [2.24, 2.45) is 0 Å². The van der Waals surface area contributed by atoms with Crippen LogP contribution in [0.1, 0.15) is 29.3 Å². The molecule has 2 saturated heterocycles. The fourth-order valence-electron chi connectivity index (χ4n) is 3.35. The summed E-state index contributed by atoms with van der Waals surface area (Å²) in [4.78, 5) is 21.4. The van der Waals surface area contributed by atoms with Gasteiger partial charge in [0.15, 0.2) is 0 Å². The van der Waals surface area contributed by atoms with Gasteiger partial charge < -0.3 is 14.5 Å². The fourth-order valence-corrected chi connectivity index (χ4v) is 3.35. The summed E-state index contributed by atoms with van der Waals surface area (Å²) in [6.45, 7) is 5.31. The van der Waals surface area contributed by atoms with E-state index in [0.717, 1.165) is 37.1 Å². The molecule has 2 fully saturated rings. The van der Waals surface area contributed by atoms with E-state index in [4.69, 9.17) is 4.74 Å². The molecule has 0 bridgehead atoms. The molecule has 3 rings (SSSR count). The van der Waals surface area contributed by atoms with Crippen LogP contribution in [0.4, 0.5) is 0 Å². The van der Waals surface area contributed by atoms with Crippen molar-refractivity contribution in [3.8, 4) is 0 Å². The van der Waals surface area contributed by atoms with Crippen molar-refractivity contribution in [2.45, 2.75) is 31.9 Å². The van der Waals surface area contributed by atoms with E-state index < -0.39 is 0 Å². The molecule has 5 nitrogen and oxygen atoms in total. The number of hydrogen-bond donors (Lipinski definition) is 0. The van der Waals surface area contributed by atoms with Crippen molar-refractivity contribution in [3.63, 3.8) is 0 Å². The molecule has 0 radical (unpaired) electrons. The van der Waals surface area contributed by atoms with Crippen LogP contribution in [0.5, 0.6) is 0 Å². The van der Waals surface area contributed by atoms with Crippen LogP contribution < -0.4 is 0 Å². The van der Waals surface area contributed by atoms with Gasteiger partial charge in [0.05, 0.1) is 18.8 Å². The van der Waals surface area contributed by atoms with Crippen LogP contribution in [0, 0.1) is 0 Å². The third kappa shape index (κ3) is 2.80. The van der Waals surface area contributed by atoms with Gasteiger partial charge >= 0.3 is 0 Å². The summed E-state index contributed by atoms with van der Waals surface area (Å²) in [5.74, 6) is 0.128. The van der Waals surface area contributed by atoms with Crippen LogP contribution in [0.25, 0.3) is 0 Å².